The molecule has 3 heterocycles. The Labute approximate surface area is 174 Å². The second-order valence-corrected chi connectivity index (χ2v) is 7.96. The molecule has 0 N–H and O–H groups in total. The fourth-order valence-electron chi connectivity index (χ4n) is 4.57. The molecule has 154 valence electrons. The van der Waals surface area contributed by atoms with Gasteiger partial charge < -0.3 is 9.30 Å². The number of methoxy groups -OCH3 is 1. The van der Waals surface area contributed by atoms with Gasteiger partial charge in [-0.05, 0) is 24.5 Å². The summed E-state index contributed by atoms with van der Waals surface area (Å²) in [5, 5.41) is 13.5. The molecule has 0 atom stereocenters. The Hall–Kier alpha value is -3.06. The Balaban J connectivity index is 1.70. The molecule has 4 aromatic rings. The van der Waals surface area contributed by atoms with Crippen LogP contribution in [0, 0.1) is 0 Å². The zero-order valence-electron chi connectivity index (χ0n) is 17.1. The highest BCUT2D eigenvalue weighted by molar-refractivity contribution is 5.84. The predicted molar refractivity (Wildman–Crippen MR) is 115 cm³/mol. The summed E-state index contributed by atoms with van der Waals surface area (Å²) in [7, 11) is 1.65. The molecule has 0 amide bonds. The normalized spacial score (nSPS) is 15.6. The van der Waals surface area contributed by atoms with Gasteiger partial charge in [-0.2, -0.15) is 5.10 Å². The quantitative estimate of drug-likeness (QED) is 0.479. The van der Waals surface area contributed by atoms with Crippen molar-refractivity contribution in [2.75, 3.05) is 7.11 Å². The zero-order chi connectivity index (χ0) is 20.5. The first-order chi connectivity index (χ1) is 14.8. The van der Waals surface area contributed by atoms with Crippen molar-refractivity contribution in [3.05, 3.63) is 58.6 Å². The van der Waals surface area contributed by atoms with Crippen molar-refractivity contribution >= 4 is 16.7 Å². The molecule has 0 radical (unpaired) electrons. The standard InChI is InChI=1S/C23H25N5O2/c1-30-15-18-20(16-9-5-4-6-10-16)22-25-24-21-19(28(22)26-18)13-14-27(23(21)29)17-11-7-2-3-8-12-17/h4-6,9-10,13-14,17H,2-3,7-8,11-12,15H2,1H3. The van der Waals surface area contributed by atoms with E-state index in [0.29, 0.717) is 23.3 Å². The lowest BCUT2D eigenvalue weighted by molar-refractivity contribution is 0.181. The monoisotopic (exact) mass is 403 g/mol. The average molecular weight is 403 g/mol. The lowest BCUT2D eigenvalue weighted by Crippen LogP contribution is -2.25. The van der Waals surface area contributed by atoms with Gasteiger partial charge in [-0.3, -0.25) is 4.79 Å². The van der Waals surface area contributed by atoms with Gasteiger partial charge in [0.2, 0.25) is 0 Å². The predicted octanol–water partition coefficient (Wildman–Crippen LogP) is 4.15. The van der Waals surface area contributed by atoms with Crippen LogP contribution in [0.1, 0.15) is 50.3 Å². The summed E-state index contributed by atoms with van der Waals surface area (Å²) < 4.78 is 8.96. The van der Waals surface area contributed by atoms with Gasteiger partial charge in [-0.1, -0.05) is 56.0 Å². The fraction of sp³-hybridized carbons (Fsp3) is 0.391. The molecule has 0 saturated heterocycles. The van der Waals surface area contributed by atoms with Crippen LogP contribution in [0.15, 0.2) is 47.4 Å². The number of hydrogen-bond donors (Lipinski definition) is 0. The summed E-state index contributed by atoms with van der Waals surface area (Å²) in [5.74, 6) is 0. The van der Waals surface area contributed by atoms with E-state index in [2.05, 4.69) is 10.2 Å². The van der Waals surface area contributed by atoms with E-state index < -0.39 is 0 Å². The lowest BCUT2D eigenvalue weighted by Gasteiger charge is -2.17. The Morgan fingerprint density at radius 1 is 1.03 bits per heavy atom. The molecule has 1 aromatic carbocycles. The number of benzene rings is 1. The number of ether oxygens (including phenoxy) is 1. The third-order valence-electron chi connectivity index (χ3n) is 6.04. The van der Waals surface area contributed by atoms with E-state index in [0.717, 1.165) is 29.7 Å². The molecule has 7 heteroatoms. The molecule has 30 heavy (non-hydrogen) atoms. The van der Waals surface area contributed by atoms with Crippen molar-refractivity contribution in [1.82, 2.24) is 24.4 Å². The van der Waals surface area contributed by atoms with E-state index >= 15 is 0 Å². The minimum Gasteiger partial charge on any atom is -0.378 e. The van der Waals surface area contributed by atoms with Gasteiger partial charge >= 0.3 is 0 Å². The van der Waals surface area contributed by atoms with Gasteiger partial charge in [0.05, 0.1) is 17.9 Å². The molecule has 1 aliphatic rings. The van der Waals surface area contributed by atoms with Crippen molar-refractivity contribution in [1.29, 1.82) is 0 Å². The number of pyridine rings is 1. The van der Waals surface area contributed by atoms with Crippen LogP contribution in [0.25, 0.3) is 27.8 Å². The molecular formula is C23H25N5O2. The maximum atomic E-state index is 13.3. The maximum Gasteiger partial charge on any atom is 0.280 e. The summed E-state index contributed by atoms with van der Waals surface area (Å²) in [4.78, 5) is 13.3. The number of nitrogens with zero attached hydrogens (tertiary/aromatic N) is 5. The molecule has 0 unspecified atom stereocenters. The highest BCUT2D eigenvalue weighted by Crippen LogP contribution is 2.30. The molecule has 5 rings (SSSR count). The highest BCUT2D eigenvalue weighted by atomic mass is 16.5. The fourth-order valence-corrected chi connectivity index (χ4v) is 4.57. The SMILES string of the molecule is COCc1nn2c(nnc3c(=O)n(C4CCCCCC4)ccc32)c1-c1ccccc1. The van der Waals surface area contributed by atoms with Crippen molar-refractivity contribution in [2.45, 2.75) is 51.2 Å². The number of rotatable bonds is 4. The molecule has 0 spiro atoms. The summed E-state index contributed by atoms with van der Waals surface area (Å²) in [6.45, 7) is 0.355. The maximum absolute atomic E-state index is 13.3. The number of hydrogen-bond acceptors (Lipinski definition) is 5. The third-order valence-corrected chi connectivity index (χ3v) is 6.04. The van der Waals surface area contributed by atoms with Gasteiger partial charge in [0.1, 0.15) is 5.52 Å². The molecule has 1 fully saturated rings. The first-order valence-electron chi connectivity index (χ1n) is 10.6. The molecule has 0 bridgehead atoms. The topological polar surface area (TPSA) is 74.3 Å². The molecule has 3 aromatic heterocycles. The Kier molecular flexibility index (Phi) is 5.04. The van der Waals surface area contributed by atoms with E-state index in [4.69, 9.17) is 9.84 Å². The van der Waals surface area contributed by atoms with Crippen molar-refractivity contribution in [3.8, 4) is 11.1 Å². The van der Waals surface area contributed by atoms with Crippen LogP contribution in [0.5, 0.6) is 0 Å². The van der Waals surface area contributed by atoms with E-state index in [1.807, 2.05) is 47.2 Å². The van der Waals surface area contributed by atoms with Gasteiger partial charge in [-0.25, -0.2) is 4.52 Å². The van der Waals surface area contributed by atoms with E-state index in [9.17, 15) is 4.79 Å². The Morgan fingerprint density at radius 3 is 2.53 bits per heavy atom. The van der Waals surface area contributed by atoms with E-state index in [1.165, 1.54) is 25.7 Å². The van der Waals surface area contributed by atoms with Crippen LogP contribution < -0.4 is 5.56 Å². The second-order valence-electron chi connectivity index (χ2n) is 7.96. The number of aromatic nitrogens is 5. The molecule has 1 aliphatic carbocycles. The van der Waals surface area contributed by atoms with Crippen LogP contribution >= 0.6 is 0 Å². The van der Waals surface area contributed by atoms with E-state index in [-0.39, 0.29) is 11.6 Å². The smallest absolute Gasteiger partial charge is 0.280 e. The van der Waals surface area contributed by atoms with Crippen molar-refractivity contribution in [2.24, 2.45) is 0 Å². The second kappa shape index (κ2) is 7.99. The van der Waals surface area contributed by atoms with Crippen LogP contribution in [0.3, 0.4) is 0 Å². The molecule has 7 nitrogen and oxygen atoms in total. The lowest BCUT2D eigenvalue weighted by atomic mass is 10.1. The Bertz CT molecular complexity index is 1240. The minimum atomic E-state index is -0.0844. The average Bonchev–Trinajstić information content (AvgIpc) is 2.94. The zero-order valence-corrected chi connectivity index (χ0v) is 17.1. The van der Waals surface area contributed by atoms with Gasteiger partial charge in [0.25, 0.3) is 5.56 Å². The third kappa shape index (κ3) is 3.19. The largest absolute Gasteiger partial charge is 0.378 e. The van der Waals surface area contributed by atoms with Gasteiger partial charge in [0, 0.05) is 19.3 Å². The van der Waals surface area contributed by atoms with E-state index in [1.54, 1.807) is 11.6 Å². The molecule has 1 saturated carbocycles. The van der Waals surface area contributed by atoms with Gasteiger partial charge in [0.15, 0.2) is 11.2 Å². The van der Waals surface area contributed by atoms with Crippen LogP contribution in [0.4, 0.5) is 0 Å². The summed E-state index contributed by atoms with van der Waals surface area (Å²) in [5.41, 5.74) is 4.25. The first kappa shape index (κ1) is 18.9. The van der Waals surface area contributed by atoms with Crippen LogP contribution in [0.2, 0.25) is 0 Å². The summed E-state index contributed by atoms with van der Waals surface area (Å²) in [6.07, 6.45) is 8.81. The van der Waals surface area contributed by atoms with Gasteiger partial charge in [-0.15, -0.1) is 10.2 Å². The minimum absolute atomic E-state index is 0.0844. The van der Waals surface area contributed by atoms with Crippen LogP contribution in [-0.4, -0.2) is 31.5 Å². The van der Waals surface area contributed by atoms with Crippen molar-refractivity contribution in [3.63, 3.8) is 0 Å². The number of fused-ring (bicyclic) bond motifs is 3. The first-order valence-corrected chi connectivity index (χ1v) is 10.6. The highest BCUT2D eigenvalue weighted by Gasteiger charge is 2.21. The summed E-state index contributed by atoms with van der Waals surface area (Å²) >= 11 is 0. The molecular weight excluding hydrogens is 378 g/mol. The summed E-state index contributed by atoms with van der Waals surface area (Å²) in [6, 6.07) is 12.2. The van der Waals surface area contributed by atoms with Crippen LogP contribution in [-0.2, 0) is 11.3 Å². The molecule has 0 aliphatic heterocycles. The van der Waals surface area contributed by atoms with Crippen molar-refractivity contribution < 1.29 is 4.74 Å². The Morgan fingerprint density at radius 2 is 1.80 bits per heavy atom.